The fourth-order valence-electron chi connectivity index (χ4n) is 10.2. The largest absolute Gasteiger partial charge is 0.496 e. The van der Waals surface area contributed by atoms with Crippen LogP contribution in [-0.2, 0) is 32.1 Å². The molecule has 11 nitrogen and oxygen atoms in total. The molecule has 0 radical (unpaired) electrons. The van der Waals surface area contributed by atoms with Gasteiger partial charge in [-0.25, -0.2) is 4.90 Å². The Bertz CT molecular complexity index is 1440. The zero-order valence-electron chi connectivity index (χ0n) is 30.8. The topological polar surface area (TPSA) is 111 Å². The Hall–Kier alpha value is -2.85. The standard InChI is InChI=1S/C40H58N6O5/c1-4-35(47)45-23-22-44(25-30(45)18-20-41)38-32-17-19-40(24-33-28(26-51-40)12-10-16-34(33)49-3)37(48)36(32)42-39(50-27-31-15-11-21-43(31)2)46(38)29-13-8-6-5-7-9-14-29/h4,10,12,16,29-32,36,38-39,42H,1,5-9,11,13-15,17-19,21-27H2,2-3H3/t30?,31?,32?,36?,38?,39?,40-/m1/s1. The van der Waals surface area contributed by atoms with Gasteiger partial charge in [0.05, 0.1) is 51.1 Å². The highest BCUT2D eigenvalue weighted by Gasteiger charge is 2.59. The van der Waals surface area contributed by atoms with Gasteiger partial charge in [-0.15, -0.1) is 0 Å². The van der Waals surface area contributed by atoms with Gasteiger partial charge in [0, 0.05) is 49.6 Å². The van der Waals surface area contributed by atoms with Crippen molar-refractivity contribution in [1.29, 1.82) is 5.26 Å². The summed E-state index contributed by atoms with van der Waals surface area (Å²) in [5, 5.41) is 13.7. The number of fused-ring (bicyclic) bond motifs is 2. The zero-order valence-corrected chi connectivity index (χ0v) is 30.8. The van der Waals surface area contributed by atoms with Crippen molar-refractivity contribution >= 4 is 11.7 Å². The van der Waals surface area contributed by atoms with E-state index in [0.29, 0.717) is 57.8 Å². The average molecular weight is 703 g/mol. The first-order valence-electron chi connectivity index (χ1n) is 19.6. The average Bonchev–Trinajstić information content (AvgIpc) is 3.55. The summed E-state index contributed by atoms with van der Waals surface area (Å²) in [7, 11) is 3.88. The number of ether oxygens (including phenoxy) is 3. The van der Waals surface area contributed by atoms with E-state index in [1.807, 2.05) is 17.0 Å². The van der Waals surface area contributed by atoms with E-state index >= 15 is 4.79 Å². The fourth-order valence-corrected chi connectivity index (χ4v) is 10.2. The van der Waals surface area contributed by atoms with Gasteiger partial charge >= 0.3 is 0 Å². The molecule has 0 bridgehead atoms. The maximum absolute atomic E-state index is 15.1. The van der Waals surface area contributed by atoms with Gasteiger partial charge in [-0.1, -0.05) is 50.8 Å². The third-order valence-electron chi connectivity index (χ3n) is 13.0. The van der Waals surface area contributed by atoms with Crippen molar-refractivity contribution in [2.75, 3.05) is 46.9 Å². The van der Waals surface area contributed by atoms with Crippen LogP contribution in [0.5, 0.6) is 5.75 Å². The summed E-state index contributed by atoms with van der Waals surface area (Å²) in [6.07, 6.45) is 13.6. The smallest absolute Gasteiger partial charge is 0.246 e. The van der Waals surface area contributed by atoms with E-state index in [0.717, 1.165) is 49.1 Å². The highest BCUT2D eigenvalue weighted by Crippen LogP contribution is 2.46. The molecule has 5 fully saturated rings. The van der Waals surface area contributed by atoms with E-state index in [1.54, 1.807) is 7.11 Å². The van der Waals surface area contributed by atoms with E-state index in [1.165, 1.54) is 44.6 Å². The van der Waals surface area contributed by atoms with Crippen molar-refractivity contribution in [2.24, 2.45) is 5.92 Å². The van der Waals surface area contributed by atoms with Crippen molar-refractivity contribution in [3.63, 3.8) is 0 Å². The quantitative estimate of drug-likeness (QED) is 0.396. The van der Waals surface area contributed by atoms with Gasteiger partial charge < -0.3 is 24.0 Å². The van der Waals surface area contributed by atoms with E-state index in [4.69, 9.17) is 14.2 Å². The summed E-state index contributed by atoms with van der Waals surface area (Å²) < 4.78 is 19.4. The van der Waals surface area contributed by atoms with E-state index < -0.39 is 18.0 Å². The molecule has 6 aliphatic rings. The highest BCUT2D eigenvalue weighted by atomic mass is 16.5. The monoisotopic (exact) mass is 702 g/mol. The second-order valence-corrected chi connectivity index (χ2v) is 15.8. The molecule has 1 aromatic carbocycles. The number of likely N-dealkylation sites (tertiary alicyclic amines) is 1. The first-order valence-corrected chi connectivity index (χ1v) is 19.6. The number of nitriles is 1. The van der Waals surface area contributed by atoms with Crippen LogP contribution >= 0.6 is 0 Å². The summed E-state index contributed by atoms with van der Waals surface area (Å²) in [6, 6.07) is 8.32. The second kappa shape index (κ2) is 16.0. The Morgan fingerprint density at radius 2 is 1.90 bits per heavy atom. The van der Waals surface area contributed by atoms with Crippen LogP contribution in [0.15, 0.2) is 30.9 Å². The molecule has 4 aliphatic heterocycles. The van der Waals surface area contributed by atoms with E-state index in [2.05, 4.69) is 45.8 Å². The van der Waals surface area contributed by atoms with Crippen molar-refractivity contribution in [3.8, 4) is 11.8 Å². The molecule has 2 saturated carbocycles. The molecule has 1 amide bonds. The van der Waals surface area contributed by atoms with E-state index in [9.17, 15) is 10.1 Å². The molecular weight excluding hydrogens is 644 g/mol. The molecule has 278 valence electrons. The Morgan fingerprint density at radius 1 is 1.10 bits per heavy atom. The molecule has 3 saturated heterocycles. The molecule has 7 rings (SSSR count). The number of nitrogens with one attached hydrogen (secondary N) is 1. The van der Waals surface area contributed by atoms with E-state index in [-0.39, 0.29) is 36.2 Å². The van der Waals surface area contributed by atoms with Crippen LogP contribution in [-0.4, -0.2) is 121 Å². The van der Waals surface area contributed by atoms with Crippen molar-refractivity contribution in [2.45, 2.75) is 132 Å². The first-order chi connectivity index (χ1) is 24.9. The number of carbonyl (C=O) groups excluding carboxylic acids is 2. The number of carbonyl (C=O) groups is 2. The lowest BCUT2D eigenvalue weighted by molar-refractivity contribution is -0.223. The van der Waals surface area contributed by atoms with Crippen LogP contribution in [0.1, 0.15) is 88.2 Å². The lowest BCUT2D eigenvalue weighted by atomic mass is 9.68. The van der Waals surface area contributed by atoms with Gasteiger partial charge in [-0.2, -0.15) is 5.26 Å². The van der Waals surface area contributed by atoms with Crippen LogP contribution in [0.4, 0.5) is 0 Å². The van der Waals surface area contributed by atoms with Gasteiger partial charge in [0.1, 0.15) is 11.4 Å². The number of Topliss-reactive ketones (excluding diaryl/α,β-unsaturated/α-hetero) is 1. The number of hydrogen-bond donors (Lipinski definition) is 1. The van der Waals surface area contributed by atoms with Gasteiger partial charge in [-0.05, 0) is 69.8 Å². The number of piperazine rings is 1. The van der Waals surface area contributed by atoms with Crippen LogP contribution < -0.4 is 10.1 Å². The van der Waals surface area contributed by atoms with Crippen molar-refractivity contribution in [3.05, 3.63) is 42.0 Å². The number of amides is 1. The lowest BCUT2D eigenvalue weighted by Crippen LogP contribution is -2.77. The molecule has 1 spiro atoms. The second-order valence-electron chi connectivity index (χ2n) is 15.8. The summed E-state index contributed by atoms with van der Waals surface area (Å²) in [6.45, 7) is 7.56. The predicted molar refractivity (Wildman–Crippen MR) is 193 cm³/mol. The third kappa shape index (κ3) is 7.25. The van der Waals surface area contributed by atoms with Gasteiger partial charge in [0.2, 0.25) is 5.91 Å². The number of methoxy groups -OCH3 is 1. The maximum atomic E-state index is 15.1. The SMILES string of the molecule is C=CC(=O)N1CCN(C2C3CC[C@@]4(Cc5c(cccc5OC)CO4)C(=O)C3NC(OCC3CCCN3C)N2C2CCCCCCC2)CC1CC#N. The van der Waals surface area contributed by atoms with Crippen LogP contribution in [0, 0.1) is 17.2 Å². The number of benzene rings is 1. The summed E-state index contributed by atoms with van der Waals surface area (Å²) in [5.41, 5.74) is 1.22. The molecule has 1 N–H and O–H groups in total. The molecular formula is C40H58N6O5. The normalized spacial score (nSPS) is 34.3. The maximum Gasteiger partial charge on any atom is 0.246 e. The minimum atomic E-state index is -0.933. The number of ketones is 1. The van der Waals surface area contributed by atoms with Gasteiger partial charge in [-0.3, -0.25) is 19.8 Å². The van der Waals surface area contributed by atoms with Crippen LogP contribution in [0.3, 0.4) is 0 Å². The summed E-state index contributed by atoms with van der Waals surface area (Å²) in [4.78, 5) is 37.4. The van der Waals surface area contributed by atoms with Crippen LogP contribution in [0.25, 0.3) is 0 Å². The Kier molecular flexibility index (Phi) is 11.5. The minimum Gasteiger partial charge on any atom is -0.496 e. The number of nitrogens with zero attached hydrogens (tertiary/aromatic N) is 5. The van der Waals surface area contributed by atoms with Gasteiger partial charge in [0.25, 0.3) is 0 Å². The van der Waals surface area contributed by atoms with Crippen LogP contribution in [0.2, 0.25) is 0 Å². The fraction of sp³-hybridized carbons (Fsp3) is 0.725. The molecule has 7 atom stereocenters. The summed E-state index contributed by atoms with van der Waals surface area (Å²) in [5.74, 6) is 0.789. The molecule has 2 aliphatic carbocycles. The molecule has 1 aromatic rings. The Labute approximate surface area is 304 Å². The molecule has 0 aromatic heterocycles. The summed E-state index contributed by atoms with van der Waals surface area (Å²) >= 11 is 0. The molecule has 4 heterocycles. The van der Waals surface area contributed by atoms with Gasteiger partial charge in [0.15, 0.2) is 12.1 Å². The minimum absolute atomic E-state index is 0.00497. The highest BCUT2D eigenvalue weighted by molar-refractivity contribution is 5.94. The van der Waals surface area contributed by atoms with Crippen molar-refractivity contribution < 1.29 is 23.8 Å². The number of hydrogen-bond acceptors (Lipinski definition) is 10. The number of rotatable bonds is 8. The Morgan fingerprint density at radius 3 is 2.63 bits per heavy atom. The molecule has 11 heteroatoms. The lowest BCUT2D eigenvalue weighted by Gasteiger charge is -2.60. The first kappa shape index (κ1) is 36.5. The zero-order chi connectivity index (χ0) is 35.5. The van der Waals surface area contributed by atoms with Crippen molar-refractivity contribution in [1.82, 2.24) is 24.9 Å². The molecule has 51 heavy (non-hydrogen) atoms. The predicted octanol–water partition coefficient (Wildman–Crippen LogP) is 4.21. The third-order valence-corrected chi connectivity index (χ3v) is 13.0. The molecule has 6 unspecified atom stereocenters. The Balaban J connectivity index is 1.25. The number of likely N-dealkylation sites (N-methyl/N-ethyl adjacent to an activating group) is 1.